The zero-order valence-corrected chi connectivity index (χ0v) is 12.4. The summed E-state index contributed by atoms with van der Waals surface area (Å²) < 4.78 is 1.10. The van der Waals surface area contributed by atoms with Crippen molar-refractivity contribution in [1.82, 2.24) is 9.55 Å². The predicted molar refractivity (Wildman–Crippen MR) is 82.3 cm³/mol. The lowest BCUT2D eigenvalue weighted by Gasteiger charge is -2.26. The molecule has 1 aliphatic heterocycles. The van der Waals surface area contributed by atoms with Gasteiger partial charge in [-0.05, 0) is 30.5 Å². The maximum Gasteiger partial charge on any atom is 0.323 e. The van der Waals surface area contributed by atoms with Gasteiger partial charge in [-0.2, -0.15) is 0 Å². The first kappa shape index (κ1) is 14.6. The molecule has 2 heterocycles. The number of aromatic nitrogens is 2. The van der Waals surface area contributed by atoms with E-state index >= 15 is 0 Å². The smallest absolute Gasteiger partial charge is 0.323 e. The first-order chi connectivity index (χ1) is 10.5. The minimum absolute atomic E-state index is 0.0139. The molecule has 114 valence electrons. The number of anilines is 1. The number of hydrogen-bond donors (Lipinski definition) is 2. The highest BCUT2D eigenvalue weighted by molar-refractivity contribution is 6.30. The highest BCUT2D eigenvalue weighted by Crippen LogP contribution is 2.29. The molecule has 3 rings (SSSR count). The molecule has 0 spiro atoms. The molecule has 2 N–H and O–H groups in total. The van der Waals surface area contributed by atoms with E-state index in [1.165, 1.54) is 6.33 Å². The van der Waals surface area contributed by atoms with Gasteiger partial charge in [0, 0.05) is 5.02 Å². The van der Waals surface area contributed by atoms with Gasteiger partial charge in [0.2, 0.25) is 0 Å². The van der Waals surface area contributed by atoms with Crippen LogP contribution < -0.4 is 10.9 Å². The second-order valence-electron chi connectivity index (χ2n) is 5.18. The number of nitrogens with one attached hydrogen (secondary N) is 1. The van der Waals surface area contributed by atoms with Gasteiger partial charge < -0.3 is 10.4 Å². The Morgan fingerprint density at radius 1 is 1.41 bits per heavy atom. The lowest BCUT2D eigenvalue weighted by atomic mass is 9.96. The van der Waals surface area contributed by atoms with E-state index < -0.39 is 12.5 Å². The molecular weight excluding hydrogens is 306 g/mol. The van der Waals surface area contributed by atoms with Crippen molar-refractivity contribution in [2.24, 2.45) is 0 Å². The molecular formula is C15H14ClN3O3. The number of carboxylic acids is 1. The highest BCUT2D eigenvalue weighted by atomic mass is 35.5. The average Bonchev–Trinajstić information content (AvgIpc) is 2.50. The van der Waals surface area contributed by atoms with Crippen molar-refractivity contribution in [2.45, 2.75) is 25.4 Å². The van der Waals surface area contributed by atoms with Crippen molar-refractivity contribution in [3.8, 4) is 0 Å². The zero-order valence-electron chi connectivity index (χ0n) is 11.6. The summed E-state index contributed by atoms with van der Waals surface area (Å²) in [5.41, 5.74) is 1.74. The number of fused-ring (bicyclic) bond motifs is 1. The second kappa shape index (κ2) is 5.81. The molecule has 1 aromatic heterocycles. The van der Waals surface area contributed by atoms with Crippen molar-refractivity contribution in [3.05, 3.63) is 57.2 Å². The molecule has 6 nitrogen and oxygen atoms in total. The van der Waals surface area contributed by atoms with E-state index in [9.17, 15) is 9.59 Å². The fourth-order valence-electron chi connectivity index (χ4n) is 2.59. The predicted octanol–water partition coefficient (Wildman–Crippen LogP) is 2.08. The Morgan fingerprint density at radius 3 is 2.82 bits per heavy atom. The highest BCUT2D eigenvalue weighted by Gasteiger charge is 2.23. The number of halogens is 1. The third kappa shape index (κ3) is 2.82. The molecule has 0 amide bonds. The van der Waals surface area contributed by atoms with Gasteiger partial charge in [-0.25, -0.2) is 4.98 Å². The Hall–Kier alpha value is -2.34. The van der Waals surface area contributed by atoms with Crippen LogP contribution in [0.2, 0.25) is 5.02 Å². The van der Waals surface area contributed by atoms with Gasteiger partial charge in [-0.15, -0.1) is 0 Å². The van der Waals surface area contributed by atoms with Crippen LogP contribution in [0.4, 0.5) is 5.69 Å². The molecule has 0 bridgehead atoms. The summed E-state index contributed by atoms with van der Waals surface area (Å²) in [7, 11) is 0. The van der Waals surface area contributed by atoms with Crippen LogP contribution in [0.5, 0.6) is 0 Å². The van der Waals surface area contributed by atoms with Gasteiger partial charge in [0.05, 0.1) is 18.1 Å². The lowest BCUT2D eigenvalue weighted by molar-refractivity contribution is -0.137. The molecule has 0 aliphatic carbocycles. The van der Waals surface area contributed by atoms with E-state index in [1.54, 1.807) is 12.1 Å². The van der Waals surface area contributed by atoms with Crippen molar-refractivity contribution >= 4 is 23.3 Å². The lowest BCUT2D eigenvalue weighted by Crippen LogP contribution is -2.32. The van der Waals surface area contributed by atoms with Crippen LogP contribution in [0, 0.1) is 0 Å². The third-order valence-electron chi connectivity index (χ3n) is 3.68. The maximum absolute atomic E-state index is 12.4. The van der Waals surface area contributed by atoms with Gasteiger partial charge in [0.25, 0.3) is 5.56 Å². The molecule has 0 saturated heterocycles. The van der Waals surface area contributed by atoms with E-state index in [-0.39, 0.29) is 11.6 Å². The standard InChI is InChI=1S/C15H14ClN3O3/c16-10-3-1-9(2-4-10)11-5-6-12-14(18-11)15(22)19(8-17-12)7-13(20)21/h1-4,8,11,18H,5-7H2,(H,20,21)/t11-/m0/s1. The van der Waals surface area contributed by atoms with Crippen molar-refractivity contribution in [1.29, 1.82) is 0 Å². The van der Waals surface area contributed by atoms with Crippen LogP contribution in [-0.2, 0) is 17.8 Å². The number of aryl methyl sites for hydroxylation is 1. The topological polar surface area (TPSA) is 84.2 Å². The number of carbonyl (C=O) groups is 1. The van der Waals surface area contributed by atoms with E-state index in [1.807, 2.05) is 12.1 Å². The summed E-state index contributed by atoms with van der Waals surface area (Å²) in [6, 6.07) is 7.42. The van der Waals surface area contributed by atoms with Crippen LogP contribution in [0.15, 0.2) is 35.4 Å². The van der Waals surface area contributed by atoms with E-state index in [4.69, 9.17) is 16.7 Å². The Balaban J connectivity index is 1.92. The minimum Gasteiger partial charge on any atom is -0.480 e. The fraction of sp³-hybridized carbons (Fsp3) is 0.267. The molecule has 0 radical (unpaired) electrons. The number of benzene rings is 1. The molecule has 0 unspecified atom stereocenters. The van der Waals surface area contributed by atoms with E-state index in [2.05, 4.69) is 10.3 Å². The van der Waals surface area contributed by atoms with Crippen LogP contribution >= 0.6 is 11.6 Å². The molecule has 2 aromatic rings. The quantitative estimate of drug-likeness (QED) is 0.905. The number of nitrogens with zero attached hydrogens (tertiary/aromatic N) is 2. The molecule has 1 aliphatic rings. The van der Waals surface area contributed by atoms with Gasteiger partial charge >= 0.3 is 5.97 Å². The summed E-state index contributed by atoms with van der Waals surface area (Å²) in [4.78, 5) is 27.3. The molecule has 1 aromatic carbocycles. The van der Waals surface area contributed by atoms with E-state index in [0.29, 0.717) is 22.8 Å². The Kier molecular flexibility index (Phi) is 3.85. The van der Waals surface area contributed by atoms with E-state index in [0.717, 1.165) is 16.6 Å². The first-order valence-electron chi connectivity index (χ1n) is 6.86. The maximum atomic E-state index is 12.4. The van der Waals surface area contributed by atoms with Crippen molar-refractivity contribution < 1.29 is 9.90 Å². The van der Waals surface area contributed by atoms with Crippen LogP contribution in [-0.4, -0.2) is 20.6 Å². The molecule has 0 saturated carbocycles. The summed E-state index contributed by atoms with van der Waals surface area (Å²) in [6.45, 7) is -0.396. The largest absolute Gasteiger partial charge is 0.480 e. The zero-order chi connectivity index (χ0) is 15.7. The van der Waals surface area contributed by atoms with Gasteiger partial charge in [0.1, 0.15) is 12.2 Å². The molecule has 7 heteroatoms. The fourth-order valence-corrected chi connectivity index (χ4v) is 2.71. The monoisotopic (exact) mass is 319 g/mol. The molecule has 0 fully saturated rings. The summed E-state index contributed by atoms with van der Waals surface area (Å²) in [5.74, 6) is -1.08. The van der Waals surface area contributed by atoms with Gasteiger partial charge in [-0.1, -0.05) is 23.7 Å². The van der Waals surface area contributed by atoms with Crippen LogP contribution in [0.3, 0.4) is 0 Å². The number of carboxylic acid groups (broad SMARTS) is 1. The molecule has 1 atom stereocenters. The first-order valence-corrected chi connectivity index (χ1v) is 7.24. The molecule has 22 heavy (non-hydrogen) atoms. The van der Waals surface area contributed by atoms with Gasteiger partial charge in [0.15, 0.2) is 0 Å². The minimum atomic E-state index is -1.08. The van der Waals surface area contributed by atoms with Crippen LogP contribution in [0.25, 0.3) is 0 Å². The second-order valence-corrected chi connectivity index (χ2v) is 5.62. The number of hydrogen-bond acceptors (Lipinski definition) is 4. The number of aliphatic carboxylic acids is 1. The Morgan fingerprint density at radius 2 is 2.14 bits per heavy atom. The third-order valence-corrected chi connectivity index (χ3v) is 3.93. The Labute approximate surface area is 131 Å². The van der Waals surface area contributed by atoms with Crippen molar-refractivity contribution in [3.63, 3.8) is 0 Å². The number of rotatable bonds is 3. The SMILES string of the molecule is O=C(O)Cn1cnc2c(c1=O)N[C@H](c1ccc(Cl)cc1)CC2. The average molecular weight is 320 g/mol. The van der Waals surface area contributed by atoms with Gasteiger partial charge in [-0.3, -0.25) is 14.2 Å². The Bertz CT molecular complexity index is 771. The summed E-state index contributed by atoms with van der Waals surface area (Å²) >= 11 is 5.89. The summed E-state index contributed by atoms with van der Waals surface area (Å²) in [6.07, 6.45) is 2.77. The normalized spacial score (nSPS) is 16.7. The van der Waals surface area contributed by atoms with Crippen molar-refractivity contribution in [2.75, 3.05) is 5.32 Å². The van der Waals surface area contributed by atoms with Crippen LogP contribution in [0.1, 0.15) is 23.7 Å². The summed E-state index contributed by atoms with van der Waals surface area (Å²) in [5, 5.41) is 12.7.